The number of ether oxygens (including phenoxy) is 2. The Kier molecular flexibility index (Phi) is 6.94. The average Bonchev–Trinajstić information content (AvgIpc) is 3.54. The summed E-state index contributed by atoms with van der Waals surface area (Å²) in [4.78, 5) is 43.7. The molecule has 5 rings (SSSR count). The number of methoxy groups -OCH3 is 1. The van der Waals surface area contributed by atoms with Crippen molar-refractivity contribution in [3.8, 4) is 5.75 Å². The van der Waals surface area contributed by atoms with Crippen LogP contribution in [-0.2, 0) is 9.53 Å². The molecule has 4 aromatic rings. The van der Waals surface area contributed by atoms with E-state index in [1.165, 1.54) is 35.3 Å². The molecule has 1 aliphatic rings. The molecule has 186 valence electrons. The van der Waals surface area contributed by atoms with Crippen LogP contribution >= 0.6 is 33.9 Å². The zero-order valence-electron chi connectivity index (χ0n) is 19.6. The molecule has 8 nitrogen and oxygen atoms in total. The van der Waals surface area contributed by atoms with E-state index in [2.05, 4.69) is 27.6 Å². The van der Waals surface area contributed by atoms with Crippen LogP contribution in [0.15, 0.2) is 92.4 Å². The third-order valence-corrected chi connectivity index (χ3v) is 7.43. The molecule has 2 aromatic heterocycles. The quantitative estimate of drug-likeness (QED) is 0.190. The molecule has 3 heterocycles. The molecule has 1 aliphatic heterocycles. The number of nitrogens with zero attached hydrogens (tertiary/aromatic N) is 2. The highest BCUT2D eigenvalue weighted by atomic mass is 127. The Morgan fingerprint density at radius 3 is 2.46 bits per heavy atom. The van der Waals surface area contributed by atoms with E-state index in [1.807, 2.05) is 30.3 Å². The summed E-state index contributed by atoms with van der Waals surface area (Å²) < 4.78 is 18.6. The first-order valence-corrected chi connectivity index (χ1v) is 13.0. The van der Waals surface area contributed by atoms with Crippen molar-refractivity contribution in [1.29, 1.82) is 0 Å². The van der Waals surface area contributed by atoms with Gasteiger partial charge in [0.25, 0.3) is 5.56 Å². The lowest BCUT2D eigenvalue weighted by Gasteiger charge is -2.24. The summed E-state index contributed by atoms with van der Waals surface area (Å²) in [5, 5.41) is 0. The highest BCUT2D eigenvalue weighted by molar-refractivity contribution is 14.1. The van der Waals surface area contributed by atoms with Crippen LogP contribution in [0.3, 0.4) is 0 Å². The minimum absolute atomic E-state index is 0.0795. The van der Waals surface area contributed by atoms with Gasteiger partial charge < -0.3 is 13.9 Å². The van der Waals surface area contributed by atoms with Crippen LogP contribution in [0.1, 0.15) is 34.6 Å². The van der Waals surface area contributed by atoms with E-state index >= 15 is 0 Å². The second-order valence-electron chi connectivity index (χ2n) is 8.06. The van der Waals surface area contributed by atoms with Crippen LogP contribution in [0.25, 0.3) is 6.08 Å². The summed E-state index contributed by atoms with van der Waals surface area (Å²) in [7, 11) is 1.29. The SMILES string of the molecule is COC(=O)C1=C(C)N=c2sc(=Cc3ccc(I)cc3)c(=O)n2C1c1ccc(OC(=O)c2ccco2)cc1. The molecule has 0 amide bonds. The van der Waals surface area contributed by atoms with Gasteiger partial charge in [-0.3, -0.25) is 9.36 Å². The first-order valence-electron chi connectivity index (χ1n) is 11.1. The first-order chi connectivity index (χ1) is 17.9. The van der Waals surface area contributed by atoms with Gasteiger partial charge in [0.15, 0.2) is 4.80 Å². The Balaban J connectivity index is 1.58. The van der Waals surface area contributed by atoms with Crippen molar-refractivity contribution in [2.75, 3.05) is 7.11 Å². The lowest BCUT2D eigenvalue weighted by Crippen LogP contribution is -2.39. The van der Waals surface area contributed by atoms with E-state index in [0.717, 1.165) is 9.13 Å². The third kappa shape index (κ3) is 4.94. The number of fused-ring (bicyclic) bond motifs is 1. The van der Waals surface area contributed by atoms with Crippen molar-refractivity contribution < 1.29 is 23.5 Å². The largest absolute Gasteiger partial charge is 0.466 e. The Labute approximate surface area is 228 Å². The van der Waals surface area contributed by atoms with Gasteiger partial charge in [0.1, 0.15) is 5.75 Å². The van der Waals surface area contributed by atoms with Crippen LogP contribution in [0, 0.1) is 3.57 Å². The van der Waals surface area contributed by atoms with Crippen molar-refractivity contribution in [2.24, 2.45) is 4.99 Å². The summed E-state index contributed by atoms with van der Waals surface area (Å²) in [5.74, 6) is -0.841. The highest BCUT2D eigenvalue weighted by Crippen LogP contribution is 2.31. The smallest absolute Gasteiger partial charge is 0.379 e. The summed E-state index contributed by atoms with van der Waals surface area (Å²) in [5.41, 5.74) is 1.97. The van der Waals surface area contributed by atoms with E-state index in [4.69, 9.17) is 13.9 Å². The summed E-state index contributed by atoms with van der Waals surface area (Å²) in [6.45, 7) is 1.72. The van der Waals surface area contributed by atoms with Gasteiger partial charge in [0.05, 0.1) is 35.2 Å². The number of thiazole rings is 1. The van der Waals surface area contributed by atoms with Crippen LogP contribution in [0.4, 0.5) is 0 Å². The van der Waals surface area contributed by atoms with E-state index in [0.29, 0.717) is 20.6 Å². The highest BCUT2D eigenvalue weighted by Gasteiger charge is 2.33. The lowest BCUT2D eigenvalue weighted by molar-refractivity contribution is -0.136. The van der Waals surface area contributed by atoms with Crippen molar-refractivity contribution in [3.05, 3.63) is 118 Å². The third-order valence-electron chi connectivity index (χ3n) is 5.72. The molecule has 0 radical (unpaired) electrons. The predicted molar refractivity (Wildman–Crippen MR) is 145 cm³/mol. The van der Waals surface area contributed by atoms with E-state index < -0.39 is 18.0 Å². The average molecular weight is 626 g/mol. The van der Waals surface area contributed by atoms with Crippen LogP contribution < -0.4 is 19.6 Å². The normalized spacial score (nSPS) is 15.2. The van der Waals surface area contributed by atoms with E-state index in [9.17, 15) is 14.4 Å². The minimum atomic E-state index is -0.766. The summed E-state index contributed by atoms with van der Waals surface area (Å²) in [6, 6.07) is 16.7. The summed E-state index contributed by atoms with van der Waals surface area (Å²) in [6.07, 6.45) is 3.20. The molecule has 10 heteroatoms. The Bertz CT molecular complexity index is 1700. The number of aromatic nitrogens is 1. The number of hydrogen-bond donors (Lipinski definition) is 0. The number of benzene rings is 2. The van der Waals surface area contributed by atoms with Gasteiger partial charge in [-0.15, -0.1) is 0 Å². The Morgan fingerprint density at radius 1 is 1.08 bits per heavy atom. The van der Waals surface area contributed by atoms with Gasteiger partial charge in [-0.25, -0.2) is 14.6 Å². The van der Waals surface area contributed by atoms with Crippen molar-refractivity contribution >= 4 is 51.9 Å². The van der Waals surface area contributed by atoms with E-state index in [-0.39, 0.29) is 22.6 Å². The first kappa shape index (κ1) is 24.9. The monoisotopic (exact) mass is 626 g/mol. The fourth-order valence-electron chi connectivity index (χ4n) is 3.99. The molecule has 0 fully saturated rings. The molecule has 37 heavy (non-hydrogen) atoms. The Hall–Kier alpha value is -3.77. The number of carbonyl (C=O) groups is 2. The molecule has 0 spiro atoms. The second-order valence-corrected chi connectivity index (χ2v) is 10.3. The maximum absolute atomic E-state index is 13.6. The van der Waals surface area contributed by atoms with E-state index in [1.54, 1.807) is 37.3 Å². The second kappa shape index (κ2) is 10.3. The molecule has 0 bridgehead atoms. The number of furan rings is 1. The molecule has 1 atom stereocenters. The zero-order chi connectivity index (χ0) is 26.1. The Morgan fingerprint density at radius 2 is 1.81 bits per heavy atom. The molecule has 0 saturated carbocycles. The van der Waals surface area contributed by atoms with Gasteiger partial charge in [0, 0.05) is 3.57 Å². The fourth-order valence-corrected chi connectivity index (χ4v) is 5.39. The predicted octanol–water partition coefficient (Wildman–Crippen LogP) is 3.83. The number of hydrogen-bond acceptors (Lipinski definition) is 8. The van der Waals surface area contributed by atoms with Crippen molar-refractivity contribution in [1.82, 2.24) is 4.57 Å². The molecule has 2 aromatic carbocycles. The number of allylic oxidation sites excluding steroid dienone is 1. The standard InChI is InChI=1S/C27H19IN2O6S/c1-15-22(26(33)34-2)23(17-7-11-19(12-8-17)36-25(32)20-4-3-13-35-20)30-24(31)21(37-27(30)29-15)14-16-5-9-18(28)10-6-16/h3-14,23H,1-2H3. The maximum Gasteiger partial charge on any atom is 0.379 e. The molecular weight excluding hydrogens is 607 g/mol. The van der Waals surface area contributed by atoms with Gasteiger partial charge in [0.2, 0.25) is 5.76 Å². The van der Waals surface area contributed by atoms with Crippen LogP contribution in [0.5, 0.6) is 5.75 Å². The fraction of sp³-hybridized carbons (Fsp3) is 0.111. The number of halogens is 1. The van der Waals surface area contributed by atoms with Crippen molar-refractivity contribution in [2.45, 2.75) is 13.0 Å². The van der Waals surface area contributed by atoms with Crippen molar-refractivity contribution in [3.63, 3.8) is 0 Å². The number of carbonyl (C=O) groups excluding carboxylic acids is 2. The van der Waals surface area contributed by atoms with Gasteiger partial charge in [-0.1, -0.05) is 35.6 Å². The van der Waals surface area contributed by atoms with Crippen LogP contribution in [0.2, 0.25) is 0 Å². The van der Waals surface area contributed by atoms with Gasteiger partial charge in [-0.05, 0) is 83.1 Å². The topological polar surface area (TPSA) is 100 Å². The summed E-state index contributed by atoms with van der Waals surface area (Å²) >= 11 is 3.48. The molecule has 0 N–H and O–H groups in total. The number of esters is 2. The molecule has 0 saturated heterocycles. The maximum atomic E-state index is 13.6. The molecule has 0 aliphatic carbocycles. The van der Waals surface area contributed by atoms with Gasteiger partial charge in [-0.2, -0.15) is 0 Å². The number of rotatable bonds is 5. The van der Waals surface area contributed by atoms with Crippen LogP contribution in [-0.4, -0.2) is 23.6 Å². The molecule has 1 unspecified atom stereocenters. The molecular formula is C27H19IN2O6S. The lowest BCUT2D eigenvalue weighted by atomic mass is 9.96. The minimum Gasteiger partial charge on any atom is -0.466 e. The van der Waals surface area contributed by atoms with Gasteiger partial charge >= 0.3 is 11.9 Å². The zero-order valence-corrected chi connectivity index (χ0v) is 22.6.